The summed E-state index contributed by atoms with van der Waals surface area (Å²) in [5.74, 6) is -1.12. The van der Waals surface area contributed by atoms with Crippen molar-refractivity contribution in [2.24, 2.45) is 4.99 Å². The molecule has 3 rings (SSSR count). The molecule has 0 radical (unpaired) electrons. The van der Waals surface area contributed by atoms with Crippen molar-refractivity contribution >= 4 is 28.8 Å². The van der Waals surface area contributed by atoms with Gasteiger partial charge in [-0.15, -0.1) is 0 Å². The highest BCUT2D eigenvalue weighted by atomic mass is 19.4. The third kappa shape index (κ3) is 5.43. The molecule has 1 atom stereocenters. The Labute approximate surface area is 199 Å². The number of esters is 1. The first-order valence-electron chi connectivity index (χ1n) is 10.5. The number of aliphatic hydroxyl groups is 1. The molecule has 0 spiro atoms. The lowest BCUT2D eigenvalue weighted by Crippen LogP contribution is -2.50. The van der Waals surface area contributed by atoms with Crippen LogP contribution in [0.2, 0.25) is 0 Å². The lowest BCUT2D eigenvalue weighted by atomic mass is 9.74. The molecule has 3 aromatic rings. The van der Waals surface area contributed by atoms with Crippen molar-refractivity contribution in [3.63, 3.8) is 0 Å². The van der Waals surface area contributed by atoms with Crippen molar-refractivity contribution in [1.29, 1.82) is 0 Å². The molecule has 1 N–H and O–H groups in total. The van der Waals surface area contributed by atoms with Crippen molar-refractivity contribution in [3.8, 4) is 5.75 Å². The molecule has 0 saturated heterocycles. The molecule has 0 amide bonds. The number of pyridine rings is 1. The van der Waals surface area contributed by atoms with E-state index < -0.39 is 35.4 Å². The minimum absolute atomic E-state index is 0.0266. The number of benzene rings is 2. The van der Waals surface area contributed by atoms with Crippen LogP contribution in [0.3, 0.4) is 0 Å². The predicted octanol–water partition coefficient (Wildman–Crippen LogP) is 5.53. The predicted molar refractivity (Wildman–Crippen MR) is 123 cm³/mol. The van der Waals surface area contributed by atoms with E-state index in [2.05, 4.69) is 14.7 Å². The van der Waals surface area contributed by atoms with Gasteiger partial charge in [-0.2, -0.15) is 13.2 Å². The van der Waals surface area contributed by atoms with Gasteiger partial charge in [0.05, 0.1) is 25.4 Å². The second-order valence-corrected chi connectivity index (χ2v) is 8.62. The maximum atomic E-state index is 14.1. The van der Waals surface area contributed by atoms with Gasteiger partial charge in [-0.1, -0.05) is 19.9 Å². The van der Waals surface area contributed by atoms with Crippen molar-refractivity contribution in [3.05, 3.63) is 65.6 Å². The quantitative estimate of drug-likeness (QED) is 0.266. The van der Waals surface area contributed by atoms with E-state index in [0.29, 0.717) is 17.1 Å². The summed E-state index contributed by atoms with van der Waals surface area (Å²) in [6.45, 7) is 2.90. The van der Waals surface area contributed by atoms with E-state index in [1.54, 1.807) is 6.07 Å². The van der Waals surface area contributed by atoms with Crippen molar-refractivity contribution in [1.82, 2.24) is 4.98 Å². The van der Waals surface area contributed by atoms with E-state index in [4.69, 9.17) is 4.74 Å². The number of hydrogen-bond donors (Lipinski definition) is 1. The van der Waals surface area contributed by atoms with Crippen LogP contribution in [0.15, 0.2) is 53.5 Å². The number of fused-ring (bicyclic) bond motifs is 1. The number of alkyl halides is 3. The van der Waals surface area contributed by atoms with Gasteiger partial charge in [-0.25, -0.2) is 14.2 Å². The SMILES string of the molecule is COC(=O)c1ccc2c(/N=C/C(O)(CC(C)(C)c3cc(F)ccc3OC)C(F)(F)F)cccc2n1. The standard InChI is InChI=1S/C25H24F4N2O4/c1-23(2,17-12-15(26)8-11-21(17)34-3)13-24(33,25(27,28)29)14-30-18-6-5-7-19-16(18)9-10-20(31-19)22(32)35-4/h5-12,14,33H,13H2,1-4H3/b30-14+. The van der Waals surface area contributed by atoms with Gasteiger partial charge in [-0.05, 0) is 54.3 Å². The lowest BCUT2D eigenvalue weighted by molar-refractivity contribution is -0.234. The molecule has 10 heteroatoms. The van der Waals surface area contributed by atoms with Gasteiger partial charge in [0.1, 0.15) is 17.3 Å². The van der Waals surface area contributed by atoms with Crippen LogP contribution in [-0.2, 0) is 10.2 Å². The van der Waals surface area contributed by atoms with Crippen molar-refractivity contribution in [2.45, 2.75) is 37.5 Å². The van der Waals surface area contributed by atoms with E-state index in [-0.39, 0.29) is 22.7 Å². The Balaban J connectivity index is 2.03. The fourth-order valence-corrected chi connectivity index (χ4v) is 3.84. The van der Waals surface area contributed by atoms with E-state index >= 15 is 0 Å². The van der Waals surface area contributed by atoms with Crippen LogP contribution in [0.25, 0.3) is 10.9 Å². The lowest BCUT2D eigenvalue weighted by Gasteiger charge is -2.36. The summed E-state index contributed by atoms with van der Waals surface area (Å²) in [6.07, 6.45) is -5.51. The summed E-state index contributed by atoms with van der Waals surface area (Å²) in [5, 5.41) is 11.1. The molecular formula is C25H24F4N2O4. The summed E-state index contributed by atoms with van der Waals surface area (Å²) in [5.41, 5.74) is -4.10. The second kappa shape index (κ2) is 9.61. The number of carbonyl (C=O) groups excluding carboxylic acids is 1. The molecule has 186 valence electrons. The van der Waals surface area contributed by atoms with Crippen LogP contribution in [-0.4, -0.2) is 48.3 Å². The first-order valence-corrected chi connectivity index (χ1v) is 10.5. The molecule has 0 aliphatic rings. The summed E-state index contributed by atoms with van der Waals surface area (Å²) in [6, 6.07) is 10.9. The number of halogens is 4. The average molecular weight is 492 g/mol. The van der Waals surface area contributed by atoms with Crippen LogP contribution in [0.1, 0.15) is 36.3 Å². The van der Waals surface area contributed by atoms with Crippen molar-refractivity contribution in [2.75, 3.05) is 14.2 Å². The number of ether oxygens (including phenoxy) is 2. The molecule has 0 fully saturated rings. The minimum atomic E-state index is -5.09. The van der Waals surface area contributed by atoms with Gasteiger partial charge < -0.3 is 14.6 Å². The monoisotopic (exact) mass is 492 g/mol. The largest absolute Gasteiger partial charge is 0.496 e. The van der Waals surface area contributed by atoms with Gasteiger partial charge in [0.15, 0.2) is 5.60 Å². The summed E-state index contributed by atoms with van der Waals surface area (Å²) in [7, 11) is 2.53. The first kappa shape index (κ1) is 26.1. The van der Waals surface area contributed by atoms with Crippen LogP contribution in [0, 0.1) is 5.82 Å². The highest BCUT2D eigenvalue weighted by Crippen LogP contribution is 2.43. The van der Waals surface area contributed by atoms with Gasteiger partial charge in [-0.3, -0.25) is 4.99 Å². The van der Waals surface area contributed by atoms with Crippen molar-refractivity contribution < 1.29 is 36.9 Å². The number of methoxy groups -OCH3 is 2. The molecule has 35 heavy (non-hydrogen) atoms. The molecule has 1 heterocycles. The maximum absolute atomic E-state index is 14.1. The molecule has 0 aliphatic carbocycles. The van der Waals surface area contributed by atoms with E-state index in [1.165, 1.54) is 58.4 Å². The summed E-state index contributed by atoms with van der Waals surface area (Å²) in [4.78, 5) is 19.8. The molecule has 6 nitrogen and oxygen atoms in total. The van der Waals surface area contributed by atoms with Gasteiger partial charge >= 0.3 is 12.1 Å². The third-order valence-corrected chi connectivity index (χ3v) is 5.61. The Morgan fingerprint density at radius 1 is 1.11 bits per heavy atom. The van der Waals surface area contributed by atoms with E-state index in [0.717, 1.165) is 12.1 Å². The number of aliphatic imine (C=N–C) groups is 1. The second-order valence-electron chi connectivity index (χ2n) is 8.62. The molecule has 1 unspecified atom stereocenters. The van der Waals surface area contributed by atoms with Crippen LogP contribution in [0.5, 0.6) is 5.75 Å². The summed E-state index contributed by atoms with van der Waals surface area (Å²) >= 11 is 0. The molecule has 0 saturated carbocycles. The number of hydrogen-bond acceptors (Lipinski definition) is 6. The highest BCUT2D eigenvalue weighted by molar-refractivity contribution is 5.96. The maximum Gasteiger partial charge on any atom is 0.422 e. The average Bonchev–Trinajstić information content (AvgIpc) is 2.80. The smallest absolute Gasteiger partial charge is 0.422 e. The molecular weight excluding hydrogens is 468 g/mol. The fourth-order valence-electron chi connectivity index (χ4n) is 3.84. The fraction of sp³-hybridized carbons (Fsp3) is 0.320. The number of rotatable bonds is 7. The zero-order valence-corrected chi connectivity index (χ0v) is 19.5. The van der Waals surface area contributed by atoms with Gasteiger partial charge in [0.2, 0.25) is 0 Å². The Hall–Kier alpha value is -3.53. The highest BCUT2D eigenvalue weighted by Gasteiger charge is 2.55. The normalized spacial score (nSPS) is 14.2. The summed E-state index contributed by atoms with van der Waals surface area (Å²) < 4.78 is 66.0. The van der Waals surface area contributed by atoms with E-state index in [1.807, 2.05) is 0 Å². The molecule has 0 aliphatic heterocycles. The Morgan fingerprint density at radius 3 is 2.46 bits per heavy atom. The zero-order valence-electron chi connectivity index (χ0n) is 19.5. The van der Waals surface area contributed by atoms with Crippen LogP contribution < -0.4 is 4.74 Å². The van der Waals surface area contributed by atoms with Gasteiger partial charge in [0, 0.05) is 17.2 Å². The molecule has 2 aromatic carbocycles. The Kier molecular flexibility index (Phi) is 7.16. The first-order chi connectivity index (χ1) is 16.3. The van der Waals surface area contributed by atoms with E-state index in [9.17, 15) is 27.5 Å². The van der Waals surface area contributed by atoms with Crippen LogP contribution in [0.4, 0.5) is 23.2 Å². The Morgan fingerprint density at radius 2 is 1.83 bits per heavy atom. The number of aromatic nitrogens is 1. The molecule has 0 bridgehead atoms. The number of nitrogens with zero attached hydrogens (tertiary/aromatic N) is 2. The Bertz CT molecular complexity index is 1270. The minimum Gasteiger partial charge on any atom is -0.496 e. The third-order valence-electron chi connectivity index (χ3n) is 5.61. The zero-order chi connectivity index (χ0) is 26.0. The van der Waals surface area contributed by atoms with Crippen LogP contribution >= 0.6 is 0 Å². The molecule has 1 aromatic heterocycles. The van der Waals surface area contributed by atoms with Gasteiger partial charge in [0.25, 0.3) is 0 Å². The number of carbonyl (C=O) groups is 1. The topological polar surface area (TPSA) is 81.0 Å².